The molecule has 0 aliphatic heterocycles. The van der Waals surface area contributed by atoms with Crippen LogP contribution >= 0.6 is 11.6 Å². The van der Waals surface area contributed by atoms with Gasteiger partial charge in [-0.05, 0) is 44.5 Å². The number of carbonyl (C=O) groups excluding carboxylic acids is 2. The van der Waals surface area contributed by atoms with Crippen molar-refractivity contribution < 1.29 is 9.59 Å². The van der Waals surface area contributed by atoms with Crippen LogP contribution in [0.5, 0.6) is 0 Å². The quantitative estimate of drug-likeness (QED) is 0.450. The summed E-state index contributed by atoms with van der Waals surface area (Å²) in [5.41, 5.74) is 1.92. The van der Waals surface area contributed by atoms with Crippen molar-refractivity contribution in [2.45, 2.75) is 26.8 Å². The maximum Gasteiger partial charge on any atom is 0.258 e. The normalized spacial score (nSPS) is 13.2. The van der Waals surface area contributed by atoms with Gasteiger partial charge >= 0.3 is 0 Å². The van der Waals surface area contributed by atoms with Crippen LogP contribution in [0.3, 0.4) is 0 Å². The Bertz CT molecular complexity index is 721. The minimum absolute atomic E-state index is 0.402. The molecule has 0 spiro atoms. The Morgan fingerprint density at radius 1 is 1.38 bits per heavy atom. The zero-order valence-electron chi connectivity index (χ0n) is 13.9. The predicted octanol–water partition coefficient (Wildman–Crippen LogP) is 4.45. The van der Waals surface area contributed by atoms with Crippen LogP contribution in [0.2, 0.25) is 5.02 Å². The molecule has 1 rings (SSSR count). The van der Waals surface area contributed by atoms with Gasteiger partial charge in [-0.2, -0.15) is 10.2 Å². The third-order valence-electron chi connectivity index (χ3n) is 3.01. The second-order valence-corrected chi connectivity index (χ2v) is 5.42. The Labute approximate surface area is 146 Å². The second-order valence-electron chi connectivity index (χ2n) is 5.01. The fourth-order valence-corrected chi connectivity index (χ4v) is 2.00. The van der Waals surface area contributed by atoms with Crippen molar-refractivity contribution in [2.24, 2.45) is 10.2 Å². The van der Waals surface area contributed by atoms with Gasteiger partial charge in [0.05, 0.1) is 5.02 Å². The molecule has 1 N–H and O–H groups in total. The molecule has 0 aliphatic rings. The molecule has 5 nitrogen and oxygen atoms in total. The summed E-state index contributed by atoms with van der Waals surface area (Å²) in [6, 6.07) is 3.99. The van der Waals surface area contributed by atoms with Crippen LogP contribution < -0.4 is 5.32 Å². The van der Waals surface area contributed by atoms with E-state index < -0.39 is 17.7 Å². The Kier molecular flexibility index (Phi) is 7.79. The fourth-order valence-electron chi connectivity index (χ4n) is 1.72. The highest BCUT2D eigenvalue weighted by Gasteiger charge is 2.23. The number of nitrogens with zero attached hydrogens (tertiary/aromatic N) is 2. The van der Waals surface area contributed by atoms with Gasteiger partial charge in [0.1, 0.15) is 5.69 Å². The molecular weight excluding hydrogens is 326 g/mol. The summed E-state index contributed by atoms with van der Waals surface area (Å²) < 4.78 is 0. The molecular formula is C18H20ClN3O2. The topological polar surface area (TPSA) is 70.9 Å². The molecule has 1 atom stereocenters. The summed E-state index contributed by atoms with van der Waals surface area (Å²) in [6.45, 7) is 8.51. The first-order chi connectivity index (χ1) is 11.4. The van der Waals surface area contributed by atoms with Gasteiger partial charge in [-0.15, -0.1) is 0 Å². The van der Waals surface area contributed by atoms with Crippen molar-refractivity contribution in [2.75, 3.05) is 0 Å². The fraction of sp³-hybridized carbons (Fsp3) is 0.222. The molecule has 1 unspecified atom stereocenters. The van der Waals surface area contributed by atoms with E-state index in [9.17, 15) is 9.59 Å². The molecule has 24 heavy (non-hydrogen) atoms. The number of benzene rings is 1. The van der Waals surface area contributed by atoms with E-state index in [-0.39, 0.29) is 0 Å². The van der Waals surface area contributed by atoms with Gasteiger partial charge in [-0.3, -0.25) is 9.59 Å². The van der Waals surface area contributed by atoms with Gasteiger partial charge in [0.25, 0.3) is 5.91 Å². The van der Waals surface area contributed by atoms with Crippen LogP contribution in [0.1, 0.15) is 19.4 Å². The monoisotopic (exact) mass is 345 g/mol. The minimum Gasteiger partial charge on any atom is -0.324 e. The minimum atomic E-state index is -1.24. The number of hydrogen-bond acceptors (Lipinski definition) is 4. The van der Waals surface area contributed by atoms with Crippen LogP contribution in [0.25, 0.3) is 0 Å². The number of amides is 1. The van der Waals surface area contributed by atoms with Crippen molar-refractivity contribution in [3.8, 4) is 0 Å². The van der Waals surface area contributed by atoms with E-state index >= 15 is 0 Å². The largest absolute Gasteiger partial charge is 0.324 e. The van der Waals surface area contributed by atoms with Gasteiger partial charge in [-0.25, -0.2) is 0 Å². The first-order valence-electron chi connectivity index (χ1n) is 7.32. The van der Waals surface area contributed by atoms with Crippen molar-refractivity contribution in [1.29, 1.82) is 0 Å². The molecule has 1 aromatic rings. The lowest BCUT2D eigenvalue weighted by Crippen LogP contribution is -2.36. The molecule has 0 saturated carbocycles. The first kappa shape index (κ1) is 19.5. The zero-order valence-corrected chi connectivity index (χ0v) is 14.7. The first-order valence-corrected chi connectivity index (χ1v) is 7.70. The highest BCUT2D eigenvalue weighted by Crippen LogP contribution is 2.26. The number of Topliss-reactive ketones (excluding diaryl/α,β-unsaturated/α-hetero) is 1. The second kappa shape index (κ2) is 9.57. The number of nitrogens with one attached hydrogen (secondary N) is 1. The van der Waals surface area contributed by atoms with Crippen LogP contribution in [-0.4, -0.2) is 17.7 Å². The molecule has 0 aromatic heterocycles. The number of rotatable bonds is 7. The van der Waals surface area contributed by atoms with Crippen LogP contribution in [0.4, 0.5) is 5.69 Å². The highest BCUT2D eigenvalue weighted by atomic mass is 35.5. The van der Waals surface area contributed by atoms with Crippen molar-refractivity contribution in [1.82, 2.24) is 5.32 Å². The van der Waals surface area contributed by atoms with Gasteiger partial charge in [-0.1, -0.05) is 42.5 Å². The van der Waals surface area contributed by atoms with Crippen molar-refractivity contribution in [3.63, 3.8) is 0 Å². The Balaban J connectivity index is 2.96. The summed E-state index contributed by atoms with van der Waals surface area (Å²) in [7, 11) is 0. The van der Waals surface area contributed by atoms with E-state index in [0.29, 0.717) is 16.4 Å². The SMILES string of the molecule is C=C/C=C\C(=C/C)NC(=O)C(/N=N\c1ccc(C)cc1Cl)C(C)=O. The zero-order chi connectivity index (χ0) is 18.1. The summed E-state index contributed by atoms with van der Waals surface area (Å²) in [4.78, 5) is 24.0. The number of halogens is 1. The Morgan fingerprint density at radius 3 is 2.62 bits per heavy atom. The molecule has 0 heterocycles. The number of ketones is 1. The molecule has 0 bridgehead atoms. The standard InChI is InChI=1S/C18H20ClN3O2/c1-5-7-8-14(6-2)20-18(24)17(13(4)23)22-21-16-10-9-12(3)11-15(16)19/h5-11,17H,1H2,2-4H3,(H,20,24)/b8-7-,14-6+,22-21-. The third kappa shape index (κ3) is 5.93. The smallest absolute Gasteiger partial charge is 0.258 e. The lowest BCUT2D eigenvalue weighted by Gasteiger charge is -2.10. The van der Waals surface area contributed by atoms with Crippen molar-refractivity contribution in [3.05, 3.63) is 65.4 Å². The molecule has 1 amide bonds. The summed E-state index contributed by atoms with van der Waals surface area (Å²) in [5, 5.41) is 10.8. The third-order valence-corrected chi connectivity index (χ3v) is 3.31. The van der Waals surface area contributed by atoms with E-state index in [0.717, 1.165) is 5.56 Å². The molecule has 0 radical (unpaired) electrons. The van der Waals surface area contributed by atoms with E-state index in [1.54, 1.807) is 43.4 Å². The molecule has 126 valence electrons. The molecule has 0 saturated heterocycles. The summed E-state index contributed by atoms with van der Waals surface area (Å²) in [6.07, 6.45) is 6.61. The van der Waals surface area contributed by atoms with Crippen LogP contribution in [0, 0.1) is 6.92 Å². The molecule has 0 fully saturated rings. The molecule has 6 heteroatoms. The molecule has 0 aliphatic carbocycles. The average molecular weight is 346 g/mol. The maximum atomic E-state index is 12.3. The van der Waals surface area contributed by atoms with E-state index in [1.807, 2.05) is 13.0 Å². The average Bonchev–Trinajstić information content (AvgIpc) is 2.53. The van der Waals surface area contributed by atoms with Crippen LogP contribution in [0.15, 0.2) is 65.0 Å². The Morgan fingerprint density at radius 2 is 2.08 bits per heavy atom. The summed E-state index contributed by atoms with van der Waals surface area (Å²) in [5.74, 6) is -0.973. The Hall–Kier alpha value is -2.53. The lowest BCUT2D eigenvalue weighted by molar-refractivity contribution is -0.128. The van der Waals surface area contributed by atoms with Gasteiger partial charge in [0.2, 0.25) is 6.04 Å². The van der Waals surface area contributed by atoms with Gasteiger partial charge in [0, 0.05) is 5.70 Å². The van der Waals surface area contributed by atoms with Gasteiger partial charge in [0.15, 0.2) is 5.78 Å². The number of aryl methyl sites for hydroxylation is 1. The van der Waals surface area contributed by atoms with E-state index in [4.69, 9.17) is 11.6 Å². The van der Waals surface area contributed by atoms with E-state index in [2.05, 4.69) is 22.1 Å². The lowest BCUT2D eigenvalue weighted by atomic mass is 10.2. The maximum absolute atomic E-state index is 12.3. The highest BCUT2D eigenvalue weighted by molar-refractivity contribution is 6.33. The number of hydrogen-bond donors (Lipinski definition) is 1. The number of azo groups is 1. The van der Waals surface area contributed by atoms with Crippen molar-refractivity contribution >= 4 is 29.0 Å². The predicted molar refractivity (Wildman–Crippen MR) is 96.4 cm³/mol. The summed E-state index contributed by atoms with van der Waals surface area (Å²) >= 11 is 6.07. The molecule has 1 aromatic carbocycles. The number of allylic oxidation sites excluding steroid dienone is 4. The van der Waals surface area contributed by atoms with Gasteiger partial charge < -0.3 is 5.32 Å². The van der Waals surface area contributed by atoms with E-state index in [1.165, 1.54) is 6.92 Å². The number of carbonyl (C=O) groups is 2. The van der Waals surface area contributed by atoms with Crippen LogP contribution in [-0.2, 0) is 9.59 Å².